The molecule has 1 N–H and O–H groups in total. The predicted molar refractivity (Wildman–Crippen MR) is 171 cm³/mol. The minimum absolute atomic E-state index is 0.131. The minimum atomic E-state index is -0.747. The summed E-state index contributed by atoms with van der Waals surface area (Å²) in [5.74, 6) is 3.98. The number of ether oxygens (including phenoxy) is 6. The highest BCUT2D eigenvalue weighted by Crippen LogP contribution is 2.44. The van der Waals surface area contributed by atoms with Crippen LogP contribution in [-0.4, -0.2) is 57.6 Å². The highest BCUT2D eigenvalue weighted by Gasteiger charge is 2.40. The zero-order chi connectivity index (χ0) is 31.4. The Kier molecular flexibility index (Phi) is 13.6. The summed E-state index contributed by atoms with van der Waals surface area (Å²) < 4.78 is 34.6. The van der Waals surface area contributed by atoms with E-state index in [4.69, 9.17) is 28.4 Å². The molecule has 3 rings (SSSR count). The van der Waals surface area contributed by atoms with E-state index in [0.29, 0.717) is 36.2 Å². The third-order valence-corrected chi connectivity index (χ3v) is 8.49. The molecule has 7 nitrogen and oxygen atoms in total. The molecule has 0 saturated heterocycles. The first-order valence-corrected chi connectivity index (χ1v) is 15.1. The minimum Gasteiger partial charge on any atom is -0.497 e. The number of hydrogen-bond acceptors (Lipinski definition) is 7. The lowest BCUT2D eigenvalue weighted by Crippen LogP contribution is -2.42. The molecule has 0 heterocycles. The van der Waals surface area contributed by atoms with Gasteiger partial charge in [0.05, 0.1) is 20.3 Å². The van der Waals surface area contributed by atoms with Crippen LogP contribution in [0.5, 0.6) is 23.0 Å². The third-order valence-electron chi connectivity index (χ3n) is 8.49. The number of benzene rings is 2. The first-order valence-electron chi connectivity index (χ1n) is 15.1. The van der Waals surface area contributed by atoms with Crippen LogP contribution >= 0.6 is 0 Å². The van der Waals surface area contributed by atoms with Gasteiger partial charge >= 0.3 is 0 Å². The Labute approximate surface area is 258 Å². The molecule has 7 heteroatoms. The van der Waals surface area contributed by atoms with Gasteiger partial charge in [-0.2, -0.15) is 0 Å². The summed E-state index contributed by atoms with van der Waals surface area (Å²) in [7, 11) is 4.88. The van der Waals surface area contributed by atoms with Crippen LogP contribution in [0, 0.1) is 23.7 Å². The molecule has 7 atom stereocenters. The van der Waals surface area contributed by atoms with E-state index in [1.165, 1.54) is 5.57 Å². The van der Waals surface area contributed by atoms with E-state index in [1.807, 2.05) is 48.5 Å². The number of methoxy groups -OCH3 is 3. The van der Waals surface area contributed by atoms with E-state index >= 15 is 0 Å². The zero-order valence-electron chi connectivity index (χ0n) is 26.6. The average molecular weight is 595 g/mol. The van der Waals surface area contributed by atoms with Crippen LogP contribution in [-0.2, 0) is 9.47 Å². The maximum atomic E-state index is 11.6. The van der Waals surface area contributed by atoms with Gasteiger partial charge in [0.25, 0.3) is 0 Å². The van der Waals surface area contributed by atoms with Crippen LogP contribution in [0.3, 0.4) is 0 Å². The summed E-state index contributed by atoms with van der Waals surface area (Å²) in [4.78, 5) is 0. The van der Waals surface area contributed by atoms with E-state index < -0.39 is 18.3 Å². The molecule has 0 amide bonds. The Morgan fingerprint density at radius 1 is 0.814 bits per heavy atom. The zero-order valence-corrected chi connectivity index (χ0v) is 26.6. The summed E-state index contributed by atoms with van der Waals surface area (Å²) in [6, 6.07) is 14.8. The van der Waals surface area contributed by atoms with Gasteiger partial charge in [0.1, 0.15) is 48.1 Å². The molecular weight excluding hydrogens is 544 g/mol. The average Bonchev–Trinajstić information content (AvgIpc) is 3.02. The summed E-state index contributed by atoms with van der Waals surface area (Å²) in [5.41, 5.74) is 1.29. The van der Waals surface area contributed by atoms with Gasteiger partial charge in [-0.05, 0) is 111 Å². The molecule has 0 unspecified atom stereocenters. The van der Waals surface area contributed by atoms with Crippen molar-refractivity contribution in [3.05, 3.63) is 85.5 Å². The molecule has 0 spiro atoms. The Bertz CT molecular complexity index is 1140. The first kappa shape index (κ1) is 34.2. The van der Waals surface area contributed by atoms with Crippen molar-refractivity contribution in [2.75, 3.05) is 28.1 Å². The predicted octanol–water partition coefficient (Wildman–Crippen LogP) is 7.26. The number of aliphatic hydroxyl groups excluding tert-OH is 1. The molecular formula is C36H50O7. The van der Waals surface area contributed by atoms with Crippen LogP contribution in [0.4, 0.5) is 0 Å². The molecule has 2 aromatic rings. The summed E-state index contributed by atoms with van der Waals surface area (Å²) in [6.45, 7) is 14.9. The maximum absolute atomic E-state index is 11.6. The Morgan fingerprint density at radius 3 is 1.79 bits per heavy atom. The van der Waals surface area contributed by atoms with Gasteiger partial charge in [0.15, 0.2) is 0 Å². The lowest BCUT2D eigenvalue weighted by Gasteiger charge is -2.43. The molecule has 43 heavy (non-hydrogen) atoms. The second-order valence-corrected chi connectivity index (χ2v) is 11.5. The smallest absolute Gasteiger partial charge is 0.146 e. The molecule has 0 fully saturated rings. The van der Waals surface area contributed by atoms with Crippen LogP contribution in [0.15, 0.2) is 85.5 Å². The monoisotopic (exact) mass is 594 g/mol. The highest BCUT2D eigenvalue weighted by molar-refractivity contribution is 5.32. The van der Waals surface area contributed by atoms with E-state index in [-0.39, 0.29) is 24.7 Å². The fourth-order valence-corrected chi connectivity index (χ4v) is 6.05. The summed E-state index contributed by atoms with van der Waals surface area (Å²) in [5, 5.41) is 11.6. The van der Waals surface area contributed by atoms with Crippen molar-refractivity contribution in [1.29, 1.82) is 0 Å². The lowest BCUT2D eigenvalue weighted by atomic mass is 9.64. The standard InChI is InChI=1S/C36H50O7/c1-9-34(42-28-16-12-26(39-7)13-17-28)33(37)21-32-30(24(3)4)20-11-25(5)31(32)22-36(41-23-38-6)35(10-2)43-29-18-14-27(40-8)15-19-29/h9-19,24,30-37H,1-2,20-23H2,3-8H3/t30-,31+,32-,33-,34+,35-,36+/m1/s1. The molecule has 0 aromatic heterocycles. The molecule has 2 aromatic carbocycles. The van der Waals surface area contributed by atoms with Crippen molar-refractivity contribution in [1.82, 2.24) is 0 Å². The molecule has 1 aliphatic rings. The van der Waals surface area contributed by atoms with E-state index in [1.54, 1.807) is 33.5 Å². The van der Waals surface area contributed by atoms with E-state index in [0.717, 1.165) is 17.9 Å². The largest absolute Gasteiger partial charge is 0.497 e. The molecule has 0 saturated carbocycles. The molecule has 0 aliphatic heterocycles. The maximum Gasteiger partial charge on any atom is 0.146 e. The van der Waals surface area contributed by atoms with Crippen molar-refractivity contribution in [3.8, 4) is 23.0 Å². The Hall–Kier alpha value is -3.26. The van der Waals surface area contributed by atoms with Crippen LogP contribution in [0.25, 0.3) is 0 Å². The normalized spacial score (nSPS) is 21.2. The fourth-order valence-electron chi connectivity index (χ4n) is 6.05. The first-order chi connectivity index (χ1) is 20.7. The van der Waals surface area contributed by atoms with Crippen LogP contribution in [0.1, 0.15) is 40.0 Å². The summed E-state index contributed by atoms with van der Waals surface area (Å²) >= 11 is 0. The van der Waals surface area contributed by atoms with Crippen LogP contribution in [0.2, 0.25) is 0 Å². The number of hydrogen-bond donors (Lipinski definition) is 1. The van der Waals surface area contributed by atoms with Gasteiger partial charge < -0.3 is 33.5 Å². The van der Waals surface area contributed by atoms with Crippen molar-refractivity contribution in [3.63, 3.8) is 0 Å². The third kappa shape index (κ3) is 9.62. The number of rotatable bonds is 18. The Morgan fingerprint density at radius 2 is 1.33 bits per heavy atom. The van der Waals surface area contributed by atoms with Gasteiger partial charge in [0.2, 0.25) is 0 Å². The second kappa shape index (κ2) is 17.1. The SMILES string of the molecule is C=C[C@H](Oc1ccc(OC)cc1)[C@H](O)C[C@@H]1[C@@H](C(C)C)CC=C(C)[C@@H]1C[C@H](OCOC)[C@@H](C=C)Oc1ccc(OC)cc1. The van der Waals surface area contributed by atoms with Crippen molar-refractivity contribution in [2.45, 2.75) is 64.4 Å². The van der Waals surface area contributed by atoms with Gasteiger partial charge in [0, 0.05) is 7.11 Å². The van der Waals surface area contributed by atoms with Gasteiger partial charge in [-0.15, -0.1) is 0 Å². The highest BCUT2D eigenvalue weighted by atomic mass is 16.7. The quantitative estimate of drug-likeness (QED) is 0.144. The Balaban J connectivity index is 1.84. The van der Waals surface area contributed by atoms with Gasteiger partial charge in [-0.1, -0.05) is 38.7 Å². The van der Waals surface area contributed by atoms with Crippen LogP contribution < -0.4 is 18.9 Å². The fraction of sp³-hybridized carbons (Fsp3) is 0.500. The second-order valence-electron chi connectivity index (χ2n) is 11.5. The van der Waals surface area contributed by atoms with Gasteiger partial charge in [-0.25, -0.2) is 0 Å². The van der Waals surface area contributed by atoms with E-state index in [9.17, 15) is 5.11 Å². The van der Waals surface area contributed by atoms with Crippen molar-refractivity contribution in [2.24, 2.45) is 23.7 Å². The summed E-state index contributed by atoms with van der Waals surface area (Å²) in [6.07, 6.45) is 5.95. The van der Waals surface area contributed by atoms with E-state index in [2.05, 4.69) is 40.0 Å². The topological polar surface area (TPSA) is 75.6 Å². The number of aliphatic hydroxyl groups is 1. The lowest BCUT2D eigenvalue weighted by molar-refractivity contribution is -0.107. The molecule has 236 valence electrons. The molecule has 0 radical (unpaired) electrons. The molecule has 0 bridgehead atoms. The van der Waals surface area contributed by atoms with Crippen molar-refractivity contribution >= 4 is 0 Å². The molecule has 1 aliphatic carbocycles. The number of allylic oxidation sites excluding steroid dienone is 2. The van der Waals surface area contributed by atoms with Crippen molar-refractivity contribution < 1.29 is 33.5 Å². The van der Waals surface area contributed by atoms with Gasteiger partial charge in [-0.3, -0.25) is 0 Å².